The van der Waals surface area contributed by atoms with Crippen molar-refractivity contribution in [2.75, 3.05) is 5.32 Å². The summed E-state index contributed by atoms with van der Waals surface area (Å²) in [6.45, 7) is 1.60. The van der Waals surface area contributed by atoms with Gasteiger partial charge >= 0.3 is 5.97 Å². The molecule has 2 N–H and O–H groups in total. The second-order valence-corrected chi connectivity index (χ2v) is 6.64. The van der Waals surface area contributed by atoms with Crippen molar-refractivity contribution in [3.8, 4) is 6.07 Å². The number of carbonyl (C=O) groups is 2. The van der Waals surface area contributed by atoms with Gasteiger partial charge in [0.15, 0.2) is 0 Å². The predicted octanol–water partition coefficient (Wildman–Crippen LogP) is 4.23. The van der Waals surface area contributed by atoms with E-state index in [-0.39, 0.29) is 12.1 Å². The standard InChI is InChI=1S/C21H16ClN3O3/c1-13-6-7-16(22)9-18(13)24-21(28)14(10-23)8-15-11-25(12-20(26)27)19-5-3-2-4-17(15)19/h2-9,11H,12H2,1H3,(H,24,28)(H,26,27). The Morgan fingerprint density at radius 2 is 2.04 bits per heavy atom. The van der Waals surface area contributed by atoms with Crippen LogP contribution in [0.4, 0.5) is 5.69 Å². The van der Waals surface area contributed by atoms with E-state index in [1.807, 2.05) is 25.1 Å². The number of fused-ring (bicyclic) bond motifs is 1. The molecule has 7 heteroatoms. The van der Waals surface area contributed by atoms with E-state index >= 15 is 0 Å². The van der Waals surface area contributed by atoms with E-state index in [1.54, 1.807) is 41.1 Å². The molecule has 1 aromatic heterocycles. The minimum atomic E-state index is -0.981. The number of aromatic nitrogens is 1. The molecular formula is C21H16ClN3O3. The molecule has 0 unspecified atom stereocenters. The molecule has 0 aliphatic carbocycles. The first-order valence-electron chi connectivity index (χ1n) is 8.38. The molecular weight excluding hydrogens is 378 g/mol. The van der Waals surface area contributed by atoms with Crippen molar-refractivity contribution in [3.05, 3.63) is 70.4 Å². The van der Waals surface area contributed by atoms with E-state index in [2.05, 4.69) is 5.32 Å². The number of benzene rings is 2. The Hall–Kier alpha value is -3.56. The number of rotatable bonds is 5. The number of nitriles is 1. The van der Waals surface area contributed by atoms with Gasteiger partial charge in [-0.3, -0.25) is 9.59 Å². The van der Waals surface area contributed by atoms with Gasteiger partial charge in [0.25, 0.3) is 5.91 Å². The van der Waals surface area contributed by atoms with Crippen LogP contribution in [0.1, 0.15) is 11.1 Å². The lowest BCUT2D eigenvalue weighted by Crippen LogP contribution is -2.14. The third kappa shape index (κ3) is 4.05. The van der Waals surface area contributed by atoms with Crippen LogP contribution >= 0.6 is 11.6 Å². The van der Waals surface area contributed by atoms with Crippen molar-refractivity contribution in [2.24, 2.45) is 0 Å². The average Bonchev–Trinajstić information content (AvgIpc) is 2.99. The van der Waals surface area contributed by atoms with Crippen molar-refractivity contribution in [2.45, 2.75) is 13.5 Å². The molecule has 0 atom stereocenters. The monoisotopic (exact) mass is 393 g/mol. The third-order valence-electron chi connectivity index (χ3n) is 4.24. The second kappa shape index (κ2) is 7.99. The molecule has 1 amide bonds. The fraction of sp³-hybridized carbons (Fsp3) is 0.0952. The average molecular weight is 394 g/mol. The smallest absolute Gasteiger partial charge is 0.323 e. The molecule has 3 rings (SSSR count). The first kappa shape index (κ1) is 19.2. The van der Waals surface area contributed by atoms with Gasteiger partial charge in [-0.1, -0.05) is 35.9 Å². The van der Waals surface area contributed by atoms with E-state index in [9.17, 15) is 14.9 Å². The lowest BCUT2D eigenvalue weighted by atomic mass is 10.1. The molecule has 0 saturated heterocycles. The molecule has 1 heterocycles. The van der Waals surface area contributed by atoms with Gasteiger partial charge in [0.2, 0.25) is 0 Å². The van der Waals surface area contributed by atoms with Crippen LogP contribution in [0.15, 0.2) is 54.2 Å². The van der Waals surface area contributed by atoms with Gasteiger partial charge in [0, 0.05) is 33.4 Å². The third-order valence-corrected chi connectivity index (χ3v) is 4.47. The molecule has 6 nitrogen and oxygen atoms in total. The normalized spacial score (nSPS) is 11.2. The number of aliphatic carboxylic acids is 1. The van der Waals surface area contributed by atoms with Gasteiger partial charge in [-0.25, -0.2) is 0 Å². The van der Waals surface area contributed by atoms with Crippen LogP contribution in [-0.2, 0) is 16.1 Å². The highest BCUT2D eigenvalue weighted by Gasteiger charge is 2.14. The number of carboxylic acid groups (broad SMARTS) is 1. The quantitative estimate of drug-likeness (QED) is 0.500. The van der Waals surface area contributed by atoms with Gasteiger partial charge in [0.05, 0.1) is 0 Å². The van der Waals surface area contributed by atoms with Crippen LogP contribution in [0, 0.1) is 18.3 Å². The number of carboxylic acids is 1. The maximum Gasteiger partial charge on any atom is 0.323 e. The molecule has 2 aromatic carbocycles. The minimum absolute atomic E-state index is 0.0994. The molecule has 3 aromatic rings. The van der Waals surface area contributed by atoms with Crippen LogP contribution in [0.25, 0.3) is 17.0 Å². The molecule has 0 radical (unpaired) electrons. The number of hydrogen-bond acceptors (Lipinski definition) is 3. The zero-order valence-electron chi connectivity index (χ0n) is 14.9. The van der Waals surface area contributed by atoms with Gasteiger partial charge in [0.1, 0.15) is 18.2 Å². The summed E-state index contributed by atoms with van der Waals surface area (Å²) in [5.74, 6) is -1.55. The van der Waals surface area contributed by atoms with Crippen molar-refractivity contribution in [1.82, 2.24) is 4.57 Å². The zero-order chi connectivity index (χ0) is 20.3. The van der Waals surface area contributed by atoms with Crippen molar-refractivity contribution < 1.29 is 14.7 Å². The predicted molar refractivity (Wildman–Crippen MR) is 108 cm³/mol. The first-order valence-corrected chi connectivity index (χ1v) is 8.76. The number of nitrogens with zero attached hydrogens (tertiary/aromatic N) is 2. The molecule has 28 heavy (non-hydrogen) atoms. The van der Waals surface area contributed by atoms with Crippen LogP contribution < -0.4 is 5.32 Å². The van der Waals surface area contributed by atoms with Gasteiger partial charge in [-0.15, -0.1) is 0 Å². The number of nitrogens with one attached hydrogen (secondary N) is 1. The highest BCUT2D eigenvalue weighted by atomic mass is 35.5. The molecule has 0 aliphatic rings. The largest absolute Gasteiger partial charge is 0.480 e. The fourth-order valence-corrected chi connectivity index (χ4v) is 3.06. The van der Waals surface area contributed by atoms with E-state index in [0.29, 0.717) is 21.8 Å². The lowest BCUT2D eigenvalue weighted by molar-refractivity contribution is -0.137. The number of amides is 1. The van der Waals surface area contributed by atoms with E-state index in [0.717, 1.165) is 10.9 Å². The summed E-state index contributed by atoms with van der Waals surface area (Å²) in [4.78, 5) is 23.7. The first-order chi connectivity index (χ1) is 13.4. The number of anilines is 1. The Morgan fingerprint density at radius 3 is 2.75 bits per heavy atom. The van der Waals surface area contributed by atoms with Crippen LogP contribution in [-0.4, -0.2) is 21.6 Å². The van der Waals surface area contributed by atoms with E-state index in [1.165, 1.54) is 6.08 Å². The molecule has 140 valence electrons. The van der Waals surface area contributed by atoms with Crippen LogP contribution in [0.2, 0.25) is 5.02 Å². The van der Waals surface area contributed by atoms with Crippen LogP contribution in [0.3, 0.4) is 0 Å². The molecule has 0 fully saturated rings. The summed E-state index contributed by atoms with van der Waals surface area (Å²) in [5, 5.41) is 22.5. The Balaban J connectivity index is 1.99. The maximum atomic E-state index is 12.6. The number of halogens is 1. The molecule has 0 saturated carbocycles. The highest BCUT2D eigenvalue weighted by molar-refractivity contribution is 6.31. The number of para-hydroxylation sites is 1. The maximum absolute atomic E-state index is 12.6. The van der Waals surface area contributed by atoms with Gasteiger partial charge in [-0.05, 0) is 36.8 Å². The summed E-state index contributed by atoms with van der Waals surface area (Å²) in [6.07, 6.45) is 3.07. The summed E-state index contributed by atoms with van der Waals surface area (Å²) in [5.41, 5.74) is 2.53. The van der Waals surface area contributed by atoms with E-state index < -0.39 is 11.9 Å². The topological polar surface area (TPSA) is 95.1 Å². The second-order valence-electron chi connectivity index (χ2n) is 6.21. The summed E-state index contributed by atoms with van der Waals surface area (Å²) in [6, 6.07) is 14.2. The Labute approximate surface area is 166 Å². The van der Waals surface area contributed by atoms with Crippen molar-refractivity contribution in [3.63, 3.8) is 0 Å². The lowest BCUT2D eigenvalue weighted by Gasteiger charge is -2.08. The number of hydrogen-bond donors (Lipinski definition) is 2. The van der Waals surface area contributed by atoms with E-state index in [4.69, 9.17) is 16.7 Å². The van der Waals surface area contributed by atoms with Gasteiger partial charge < -0.3 is 15.0 Å². The van der Waals surface area contributed by atoms with Crippen molar-refractivity contribution in [1.29, 1.82) is 5.26 Å². The number of aryl methyl sites for hydroxylation is 1. The molecule has 0 aliphatic heterocycles. The SMILES string of the molecule is Cc1ccc(Cl)cc1NC(=O)C(C#N)=Cc1cn(CC(=O)O)c2ccccc12. The Kier molecular flexibility index (Phi) is 5.48. The number of carbonyl (C=O) groups excluding carboxylic acids is 1. The Morgan fingerprint density at radius 1 is 1.29 bits per heavy atom. The summed E-state index contributed by atoms with van der Waals surface area (Å²) >= 11 is 5.97. The molecule has 0 bridgehead atoms. The minimum Gasteiger partial charge on any atom is -0.480 e. The summed E-state index contributed by atoms with van der Waals surface area (Å²) in [7, 11) is 0. The Bertz CT molecular complexity index is 1160. The van der Waals surface area contributed by atoms with Crippen molar-refractivity contribution >= 4 is 46.1 Å². The van der Waals surface area contributed by atoms with Crippen LogP contribution in [0.5, 0.6) is 0 Å². The summed E-state index contributed by atoms with van der Waals surface area (Å²) < 4.78 is 1.57. The molecule has 0 spiro atoms. The fourth-order valence-electron chi connectivity index (χ4n) is 2.89. The zero-order valence-corrected chi connectivity index (χ0v) is 15.7. The van der Waals surface area contributed by atoms with Gasteiger partial charge in [-0.2, -0.15) is 5.26 Å². The highest BCUT2D eigenvalue weighted by Crippen LogP contribution is 2.25.